The van der Waals surface area contributed by atoms with Gasteiger partial charge in [-0.15, -0.1) is 0 Å². The number of carbonyl (C=O) groups excluding carboxylic acids is 1. The molecule has 0 aromatic heterocycles. The predicted molar refractivity (Wildman–Crippen MR) is 57.6 cm³/mol. The van der Waals surface area contributed by atoms with Gasteiger partial charge in [0.25, 0.3) is 0 Å². The van der Waals surface area contributed by atoms with Crippen molar-refractivity contribution in [3.8, 4) is 0 Å². The monoisotopic (exact) mass is 292 g/mol. The molecule has 1 radical (unpaired) electrons. The second kappa shape index (κ2) is 7.36. The van der Waals surface area contributed by atoms with Crippen LogP contribution in [0.15, 0.2) is 0 Å². The number of rotatable bonds is 5. The van der Waals surface area contributed by atoms with Crippen LogP contribution >= 0.6 is 11.6 Å². The molecule has 0 bridgehead atoms. The summed E-state index contributed by atoms with van der Waals surface area (Å²) in [5, 5.41) is -0.231. The Hall–Kier alpha value is 1.06. The summed E-state index contributed by atoms with van der Waals surface area (Å²) in [5.41, 5.74) is 0.0100. The van der Waals surface area contributed by atoms with Gasteiger partial charge in [-0.2, -0.15) is 20.3 Å². The van der Waals surface area contributed by atoms with E-state index in [9.17, 15) is 4.79 Å². The molecule has 1 atom stereocenters. The van der Waals surface area contributed by atoms with E-state index in [1.807, 2.05) is 0 Å². The molecule has 0 heterocycles. The van der Waals surface area contributed by atoms with Gasteiger partial charge in [0.05, 0.1) is 0 Å². The van der Waals surface area contributed by atoms with Crippen LogP contribution in [-0.4, -0.2) is 5.24 Å². The number of hydrogen-bond acceptors (Lipinski definition) is 1. The Morgan fingerprint density at radius 1 is 1.43 bits per heavy atom. The zero-order valence-corrected chi connectivity index (χ0v) is 13.4. The maximum absolute atomic E-state index is 10.8. The average molecular weight is 293 g/mol. The standard InChI is InChI=1S/C11H20ClO.Y/c1-8(2)6-9(3)11(4,5)7-10(12)13;/h9H,6-7H2,1-5H3;/q-1;. The number of hydrogen-bond donors (Lipinski definition) is 0. The van der Waals surface area contributed by atoms with E-state index in [0.29, 0.717) is 12.3 Å². The van der Waals surface area contributed by atoms with Crippen LogP contribution < -0.4 is 0 Å². The molecule has 0 amide bonds. The number of carbonyl (C=O) groups is 1. The van der Waals surface area contributed by atoms with E-state index in [1.54, 1.807) is 0 Å². The van der Waals surface area contributed by atoms with Gasteiger partial charge in [-0.1, -0.05) is 26.7 Å². The summed E-state index contributed by atoms with van der Waals surface area (Å²) in [6, 6.07) is 0. The Balaban J connectivity index is 0. The maximum Gasteiger partial charge on any atom is 0.222 e. The molecule has 1 unspecified atom stereocenters. The summed E-state index contributed by atoms with van der Waals surface area (Å²) in [7, 11) is 0. The summed E-state index contributed by atoms with van der Waals surface area (Å²) >= 11 is 5.40. The van der Waals surface area contributed by atoms with Gasteiger partial charge in [0.1, 0.15) is 0 Å². The normalized spacial score (nSPS) is 13.6. The minimum atomic E-state index is -0.231. The minimum Gasteiger partial charge on any atom is -0.319 e. The van der Waals surface area contributed by atoms with Gasteiger partial charge in [0, 0.05) is 39.1 Å². The van der Waals surface area contributed by atoms with Crippen molar-refractivity contribution in [1.29, 1.82) is 0 Å². The fraction of sp³-hybridized carbons (Fsp3) is 0.818. The predicted octanol–water partition coefficient (Wildman–Crippen LogP) is 3.81. The smallest absolute Gasteiger partial charge is 0.222 e. The summed E-state index contributed by atoms with van der Waals surface area (Å²) in [6.45, 7) is 10.6. The Kier molecular flexibility index (Phi) is 9.17. The molecular formula is C11H20ClOY-. The van der Waals surface area contributed by atoms with E-state index in [4.69, 9.17) is 11.6 Å². The molecule has 0 aromatic rings. The first-order chi connectivity index (χ1) is 5.75. The van der Waals surface area contributed by atoms with Crippen molar-refractivity contribution in [2.45, 2.75) is 47.5 Å². The largest absolute Gasteiger partial charge is 0.319 e. The number of halogens is 1. The van der Waals surface area contributed by atoms with Crippen LogP contribution in [-0.2, 0) is 37.5 Å². The Morgan fingerprint density at radius 2 is 1.86 bits per heavy atom. The van der Waals surface area contributed by atoms with Gasteiger partial charge in [0.2, 0.25) is 5.24 Å². The van der Waals surface area contributed by atoms with E-state index in [1.165, 1.54) is 5.92 Å². The zero-order chi connectivity index (χ0) is 10.6. The van der Waals surface area contributed by atoms with Crippen molar-refractivity contribution in [2.75, 3.05) is 0 Å². The van der Waals surface area contributed by atoms with E-state index in [-0.39, 0.29) is 43.4 Å². The molecule has 0 aliphatic carbocycles. The second-order valence-electron chi connectivity index (χ2n) is 4.83. The fourth-order valence-corrected chi connectivity index (χ4v) is 1.77. The summed E-state index contributed by atoms with van der Waals surface area (Å²) < 4.78 is 0. The Morgan fingerprint density at radius 3 is 2.14 bits per heavy atom. The molecule has 0 rings (SSSR count). The molecule has 1 nitrogen and oxygen atoms in total. The Bertz CT molecular complexity index is 178. The third-order valence-electron chi connectivity index (χ3n) is 2.64. The molecule has 0 saturated heterocycles. The van der Waals surface area contributed by atoms with Crippen LogP contribution in [0.3, 0.4) is 0 Å². The first kappa shape index (κ1) is 17.5. The van der Waals surface area contributed by atoms with Crippen molar-refractivity contribution < 1.29 is 37.5 Å². The van der Waals surface area contributed by atoms with Crippen molar-refractivity contribution in [3.63, 3.8) is 0 Å². The third kappa shape index (κ3) is 7.37. The molecule has 81 valence electrons. The van der Waals surface area contributed by atoms with Crippen LogP contribution in [0.5, 0.6) is 0 Å². The molecule has 0 fully saturated rings. The van der Waals surface area contributed by atoms with Gasteiger partial charge in [0.15, 0.2) is 0 Å². The van der Waals surface area contributed by atoms with Crippen molar-refractivity contribution in [3.05, 3.63) is 5.92 Å². The van der Waals surface area contributed by atoms with Crippen LogP contribution in [0.1, 0.15) is 47.5 Å². The van der Waals surface area contributed by atoms with E-state index >= 15 is 0 Å². The van der Waals surface area contributed by atoms with E-state index in [0.717, 1.165) is 6.42 Å². The molecule has 14 heavy (non-hydrogen) atoms. The quantitative estimate of drug-likeness (QED) is 0.556. The maximum atomic E-state index is 10.8. The van der Waals surface area contributed by atoms with Crippen molar-refractivity contribution in [2.24, 2.45) is 11.3 Å². The van der Waals surface area contributed by atoms with Crippen LogP contribution in [0.2, 0.25) is 0 Å². The Labute approximate surface area is 118 Å². The second-order valence-corrected chi connectivity index (χ2v) is 5.25. The van der Waals surface area contributed by atoms with Gasteiger partial charge in [-0.25, -0.2) is 0 Å². The molecule has 0 aromatic carbocycles. The summed E-state index contributed by atoms with van der Waals surface area (Å²) in [4.78, 5) is 10.8. The average Bonchev–Trinajstić information content (AvgIpc) is 1.81. The fourth-order valence-electron chi connectivity index (χ4n) is 1.42. The van der Waals surface area contributed by atoms with Gasteiger partial charge in [-0.05, 0) is 17.0 Å². The summed E-state index contributed by atoms with van der Waals surface area (Å²) in [5.74, 6) is 1.91. The first-order valence-corrected chi connectivity index (χ1v) is 5.11. The van der Waals surface area contributed by atoms with Crippen molar-refractivity contribution in [1.82, 2.24) is 0 Å². The van der Waals surface area contributed by atoms with Crippen LogP contribution in [0.4, 0.5) is 0 Å². The molecule has 0 aliphatic rings. The molecule has 0 saturated carbocycles. The van der Waals surface area contributed by atoms with Gasteiger partial charge in [-0.3, -0.25) is 4.79 Å². The zero-order valence-electron chi connectivity index (χ0n) is 9.86. The molecule has 3 heteroatoms. The van der Waals surface area contributed by atoms with E-state index < -0.39 is 0 Å². The topological polar surface area (TPSA) is 17.1 Å². The minimum absolute atomic E-state index is 0. The van der Waals surface area contributed by atoms with E-state index in [2.05, 4.69) is 34.6 Å². The van der Waals surface area contributed by atoms with Gasteiger partial charge < -0.3 is 5.92 Å². The van der Waals surface area contributed by atoms with Crippen LogP contribution in [0.25, 0.3) is 0 Å². The first-order valence-electron chi connectivity index (χ1n) is 4.73. The SMILES string of the molecule is C[C-](C)CC(C)C(C)(C)CC(=O)Cl.[Y]. The molecule has 0 spiro atoms. The summed E-state index contributed by atoms with van der Waals surface area (Å²) in [6.07, 6.45) is 1.53. The molecule has 0 N–H and O–H groups in total. The van der Waals surface area contributed by atoms with Gasteiger partial charge >= 0.3 is 0 Å². The molecular weight excluding hydrogens is 272 g/mol. The third-order valence-corrected chi connectivity index (χ3v) is 2.78. The molecule has 0 aliphatic heterocycles. The van der Waals surface area contributed by atoms with Crippen LogP contribution in [0, 0.1) is 17.3 Å². The van der Waals surface area contributed by atoms with Crippen molar-refractivity contribution >= 4 is 16.8 Å².